The van der Waals surface area contributed by atoms with E-state index in [9.17, 15) is 4.79 Å². The molecule has 3 aliphatic carbocycles. The lowest BCUT2D eigenvalue weighted by Crippen LogP contribution is -2.45. The third kappa shape index (κ3) is 3.45. The SMILES string of the molecule is C/C=C1/C(=O)C=C2C[C@@H]3[C@@H](O[Si](C)(C)C(C)(C)C)CC[C@@H]3/C(C)=C\C[C@H]21. The lowest BCUT2D eigenvalue weighted by Gasteiger charge is -2.41. The highest BCUT2D eigenvalue weighted by atomic mass is 28.4. The maximum atomic E-state index is 12.4. The summed E-state index contributed by atoms with van der Waals surface area (Å²) in [6.07, 6.45) is 11.1. The van der Waals surface area contributed by atoms with Crippen molar-refractivity contribution in [3.63, 3.8) is 0 Å². The molecular weight excluding hydrogens is 336 g/mol. The molecule has 0 amide bonds. The Bertz CT molecular complexity index is 675. The number of hydrogen-bond acceptors (Lipinski definition) is 2. The quantitative estimate of drug-likeness (QED) is 0.327. The van der Waals surface area contributed by atoms with Gasteiger partial charge in [-0.15, -0.1) is 0 Å². The van der Waals surface area contributed by atoms with Crippen LogP contribution in [0.5, 0.6) is 0 Å². The topological polar surface area (TPSA) is 26.3 Å². The normalized spacial score (nSPS) is 36.1. The Kier molecular flexibility index (Phi) is 5.26. The predicted molar refractivity (Wildman–Crippen MR) is 112 cm³/mol. The molecule has 0 aromatic heterocycles. The van der Waals surface area contributed by atoms with E-state index in [0.29, 0.717) is 23.9 Å². The number of ketones is 1. The Hall–Kier alpha value is -0.933. The Labute approximate surface area is 160 Å². The van der Waals surface area contributed by atoms with Gasteiger partial charge in [-0.2, -0.15) is 0 Å². The van der Waals surface area contributed by atoms with Crippen LogP contribution in [0.2, 0.25) is 18.1 Å². The number of hydrogen-bond donors (Lipinski definition) is 0. The van der Waals surface area contributed by atoms with Gasteiger partial charge in [0, 0.05) is 17.6 Å². The molecule has 3 rings (SSSR count). The van der Waals surface area contributed by atoms with Crippen molar-refractivity contribution in [3.05, 3.63) is 34.9 Å². The van der Waals surface area contributed by atoms with Crippen molar-refractivity contribution >= 4 is 14.1 Å². The Morgan fingerprint density at radius 1 is 1.23 bits per heavy atom. The molecule has 0 N–H and O–H groups in total. The first-order valence-corrected chi connectivity index (χ1v) is 13.2. The average molecular weight is 373 g/mol. The fourth-order valence-electron chi connectivity index (χ4n) is 4.85. The van der Waals surface area contributed by atoms with Crippen molar-refractivity contribution in [2.75, 3.05) is 0 Å². The molecule has 0 aliphatic heterocycles. The van der Waals surface area contributed by atoms with E-state index in [4.69, 9.17) is 4.43 Å². The highest BCUT2D eigenvalue weighted by molar-refractivity contribution is 6.74. The fraction of sp³-hybridized carbons (Fsp3) is 0.696. The van der Waals surface area contributed by atoms with E-state index >= 15 is 0 Å². The number of allylic oxidation sites excluding steroid dienone is 6. The van der Waals surface area contributed by atoms with Crippen molar-refractivity contribution in [1.29, 1.82) is 0 Å². The summed E-state index contributed by atoms with van der Waals surface area (Å²) in [7, 11) is -1.78. The van der Waals surface area contributed by atoms with Gasteiger partial charge in [0.15, 0.2) is 14.1 Å². The summed E-state index contributed by atoms with van der Waals surface area (Å²) in [6, 6.07) is 0. The molecule has 0 radical (unpaired) electrons. The van der Waals surface area contributed by atoms with Gasteiger partial charge in [0.1, 0.15) is 0 Å². The Morgan fingerprint density at radius 3 is 2.54 bits per heavy atom. The van der Waals surface area contributed by atoms with Crippen LogP contribution in [0.15, 0.2) is 34.9 Å². The first-order valence-electron chi connectivity index (χ1n) is 10.3. The van der Waals surface area contributed by atoms with Crippen molar-refractivity contribution < 1.29 is 9.22 Å². The summed E-state index contributed by atoms with van der Waals surface area (Å²) in [5, 5.41) is 0.237. The van der Waals surface area contributed by atoms with Gasteiger partial charge in [0.25, 0.3) is 0 Å². The monoisotopic (exact) mass is 372 g/mol. The van der Waals surface area contributed by atoms with E-state index in [1.165, 1.54) is 17.6 Å². The molecule has 3 aliphatic rings. The minimum atomic E-state index is -1.78. The molecule has 0 bridgehead atoms. The Morgan fingerprint density at radius 2 is 1.92 bits per heavy atom. The summed E-state index contributed by atoms with van der Waals surface area (Å²) in [5.41, 5.74) is 3.88. The van der Waals surface area contributed by atoms with Crippen molar-refractivity contribution in [3.8, 4) is 0 Å². The summed E-state index contributed by atoms with van der Waals surface area (Å²) >= 11 is 0. The molecule has 26 heavy (non-hydrogen) atoms. The van der Waals surface area contributed by atoms with E-state index in [2.05, 4.69) is 46.9 Å². The third-order valence-electron chi connectivity index (χ3n) is 7.48. The highest BCUT2D eigenvalue weighted by Gasteiger charge is 2.46. The maximum Gasteiger partial charge on any atom is 0.192 e. The molecule has 0 aromatic rings. The molecule has 0 unspecified atom stereocenters. The lowest BCUT2D eigenvalue weighted by atomic mass is 9.77. The second kappa shape index (κ2) is 6.90. The summed E-state index contributed by atoms with van der Waals surface area (Å²) in [6.45, 7) is 16.0. The highest BCUT2D eigenvalue weighted by Crippen LogP contribution is 2.49. The largest absolute Gasteiger partial charge is 0.414 e. The molecule has 0 heterocycles. The average Bonchev–Trinajstić information content (AvgIpc) is 3.03. The van der Waals surface area contributed by atoms with E-state index in [-0.39, 0.29) is 10.8 Å². The van der Waals surface area contributed by atoms with Crippen LogP contribution in [0.1, 0.15) is 60.3 Å². The minimum Gasteiger partial charge on any atom is -0.414 e. The molecule has 1 fully saturated rings. The van der Waals surface area contributed by atoms with Crippen LogP contribution < -0.4 is 0 Å². The van der Waals surface area contributed by atoms with Crippen LogP contribution in [0.25, 0.3) is 0 Å². The molecule has 0 aromatic carbocycles. The predicted octanol–water partition coefficient (Wildman–Crippen LogP) is 6.21. The number of carbonyl (C=O) groups excluding carboxylic acids is 1. The standard InChI is InChI=1S/C23H36O2Si/c1-8-17-19-10-9-15(2)18-11-12-22(25-26(6,7)23(3,4)5)20(18)13-16(19)14-21(17)24/h8-9,14,18-20,22H,10-13H2,1-7H3/b15-9-,17-8+/t18-,19-,20+,22+/m1/s1. The van der Waals surface area contributed by atoms with Gasteiger partial charge in [-0.25, -0.2) is 0 Å². The second-order valence-electron chi connectivity index (χ2n) is 10.0. The minimum absolute atomic E-state index is 0.233. The third-order valence-corrected chi connectivity index (χ3v) is 12.0. The smallest absolute Gasteiger partial charge is 0.192 e. The fourth-order valence-corrected chi connectivity index (χ4v) is 6.25. The molecule has 0 saturated heterocycles. The van der Waals surface area contributed by atoms with E-state index in [1.807, 2.05) is 19.1 Å². The van der Waals surface area contributed by atoms with Crippen LogP contribution in [0.4, 0.5) is 0 Å². The summed E-state index contributed by atoms with van der Waals surface area (Å²) in [4.78, 5) is 12.4. The summed E-state index contributed by atoms with van der Waals surface area (Å²) in [5.74, 6) is 1.68. The van der Waals surface area contributed by atoms with Crippen LogP contribution in [-0.2, 0) is 9.22 Å². The van der Waals surface area contributed by atoms with Crippen molar-refractivity contribution in [2.24, 2.45) is 17.8 Å². The summed E-state index contributed by atoms with van der Waals surface area (Å²) < 4.78 is 6.89. The van der Waals surface area contributed by atoms with Gasteiger partial charge < -0.3 is 4.43 Å². The van der Waals surface area contributed by atoms with E-state index in [1.54, 1.807) is 0 Å². The first kappa shape index (κ1) is 19.8. The lowest BCUT2D eigenvalue weighted by molar-refractivity contribution is -0.111. The molecule has 3 heteroatoms. The Balaban J connectivity index is 1.89. The van der Waals surface area contributed by atoms with Gasteiger partial charge in [-0.05, 0) is 75.6 Å². The number of rotatable bonds is 2. The van der Waals surface area contributed by atoms with Crippen LogP contribution in [0, 0.1) is 17.8 Å². The van der Waals surface area contributed by atoms with E-state index < -0.39 is 8.32 Å². The zero-order valence-electron chi connectivity index (χ0n) is 17.7. The van der Waals surface area contributed by atoms with Gasteiger partial charge in [-0.3, -0.25) is 4.79 Å². The maximum absolute atomic E-state index is 12.4. The van der Waals surface area contributed by atoms with Crippen molar-refractivity contribution in [1.82, 2.24) is 0 Å². The second-order valence-corrected chi connectivity index (χ2v) is 14.8. The number of fused-ring (bicyclic) bond motifs is 2. The molecule has 4 atom stereocenters. The molecule has 144 valence electrons. The van der Waals surface area contributed by atoms with Crippen molar-refractivity contribution in [2.45, 2.75) is 84.5 Å². The van der Waals surface area contributed by atoms with E-state index in [0.717, 1.165) is 24.8 Å². The first-order chi connectivity index (χ1) is 12.0. The zero-order valence-corrected chi connectivity index (χ0v) is 18.7. The molecule has 0 spiro atoms. The van der Waals surface area contributed by atoms with Gasteiger partial charge >= 0.3 is 0 Å². The zero-order chi connectivity index (χ0) is 19.3. The van der Waals surface area contributed by atoms with Crippen LogP contribution in [-0.4, -0.2) is 20.2 Å². The van der Waals surface area contributed by atoms with Crippen LogP contribution in [0.3, 0.4) is 0 Å². The van der Waals surface area contributed by atoms with Crippen LogP contribution >= 0.6 is 0 Å². The van der Waals surface area contributed by atoms with Gasteiger partial charge in [0.2, 0.25) is 0 Å². The number of carbonyl (C=O) groups is 1. The molecule has 2 nitrogen and oxygen atoms in total. The van der Waals surface area contributed by atoms with Gasteiger partial charge in [0.05, 0.1) is 0 Å². The van der Waals surface area contributed by atoms with Gasteiger partial charge in [-0.1, -0.05) is 44.1 Å². The molecular formula is C23H36O2Si. The molecule has 1 saturated carbocycles.